The zero-order chi connectivity index (χ0) is 16.2. The molecule has 0 saturated carbocycles. The Morgan fingerprint density at radius 1 is 1.48 bits per heavy atom. The predicted molar refractivity (Wildman–Crippen MR) is 84.5 cm³/mol. The van der Waals surface area contributed by atoms with Gasteiger partial charge in [0.2, 0.25) is 11.8 Å². The predicted octanol–water partition coefficient (Wildman–Crippen LogP) is 0.811. The van der Waals surface area contributed by atoms with Crippen LogP contribution in [0.3, 0.4) is 0 Å². The maximum Gasteiger partial charge on any atom is 0.241 e. The highest BCUT2D eigenvalue weighted by molar-refractivity contribution is 5.96. The van der Waals surface area contributed by atoms with Crippen molar-refractivity contribution in [3.05, 3.63) is 42.1 Å². The summed E-state index contributed by atoms with van der Waals surface area (Å²) in [5, 5.41) is 4.84. The van der Waals surface area contributed by atoms with Crippen LogP contribution in [-0.4, -0.2) is 37.2 Å². The number of aromatic amines is 1. The number of nitrogens with one attached hydrogen (secondary N) is 1. The second-order valence-corrected chi connectivity index (χ2v) is 5.00. The SMILES string of the molecule is Cn1cc(CCOc2ncnc3[nH]cc(/C=C/C(N)=O)c23)cn1. The molecule has 8 nitrogen and oxygen atoms in total. The first kappa shape index (κ1) is 14.8. The van der Waals surface area contributed by atoms with Gasteiger partial charge in [-0.15, -0.1) is 0 Å². The topological polar surface area (TPSA) is 112 Å². The number of primary amides is 1. The molecule has 3 aromatic heterocycles. The Kier molecular flexibility index (Phi) is 4.05. The Morgan fingerprint density at radius 3 is 3.09 bits per heavy atom. The van der Waals surface area contributed by atoms with Crippen LogP contribution in [0.4, 0.5) is 0 Å². The van der Waals surface area contributed by atoms with Crippen LogP contribution >= 0.6 is 0 Å². The van der Waals surface area contributed by atoms with E-state index in [1.807, 2.05) is 13.2 Å². The van der Waals surface area contributed by atoms with Crippen molar-refractivity contribution in [2.24, 2.45) is 12.8 Å². The molecule has 8 heteroatoms. The quantitative estimate of drug-likeness (QED) is 0.654. The lowest BCUT2D eigenvalue weighted by Gasteiger charge is -2.05. The monoisotopic (exact) mass is 312 g/mol. The molecule has 118 valence electrons. The number of hydrogen-bond donors (Lipinski definition) is 2. The molecular weight excluding hydrogens is 296 g/mol. The van der Waals surface area contributed by atoms with Gasteiger partial charge < -0.3 is 15.5 Å². The Balaban J connectivity index is 1.79. The van der Waals surface area contributed by atoms with Crippen molar-refractivity contribution >= 4 is 23.0 Å². The Labute approximate surface area is 132 Å². The molecule has 0 spiro atoms. The Morgan fingerprint density at radius 2 is 2.35 bits per heavy atom. The lowest BCUT2D eigenvalue weighted by Crippen LogP contribution is -2.05. The maximum atomic E-state index is 10.9. The highest BCUT2D eigenvalue weighted by Gasteiger charge is 2.11. The van der Waals surface area contributed by atoms with E-state index in [2.05, 4.69) is 20.1 Å². The summed E-state index contributed by atoms with van der Waals surface area (Å²) >= 11 is 0. The van der Waals surface area contributed by atoms with Gasteiger partial charge in [0.05, 0.1) is 18.2 Å². The smallest absolute Gasteiger partial charge is 0.241 e. The van der Waals surface area contributed by atoms with Crippen LogP contribution in [-0.2, 0) is 18.3 Å². The fraction of sp³-hybridized carbons (Fsp3) is 0.200. The van der Waals surface area contributed by atoms with Crippen molar-refractivity contribution in [2.75, 3.05) is 6.61 Å². The number of hydrogen-bond acceptors (Lipinski definition) is 5. The van der Waals surface area contributed by atoms with Gasteiger partial charge in [-0.1, -0.05) is 0 Å². The van der Waals surface area contributed by atoms with E-state index < -0.39 is 5.91 Å². The maximum absolute atomic E-state index is 10.9. The molecule has 3 aromatic rings. The fourth-order valence-corrected chi connectivity index (χ4v) is 2.24. The van der Waals surface area contributed by atoms with Crippen molar-refractivity contribution in [1.29, 1.82) is 0 Å². The average molecular weight is 312 g/mol. The van der Waals surface area contributed by atoms with Gasteiger partial charge in [0.25, 0.3) is 0 Å². The van der Waals surface area contributed by atoms with Crippen molar-refractivity contribution in [2.45, 2.75) is 6.42 Å². The molecule has 0 atom stereocenters. The molecule has 0 aliphatic rings. The number of fused-ring (bicyclic) bond motifs is 1. The zero-order valence-electron chi connectivity index (χ0n) is 12.6. The molecule has 0 unspecified atom stereocenters. The fourth-order valence-electron chi connectivity index (χ4n) is 2.24. The molecule has 0 aliphatic heterocycles. The first-order chi connectivity index (χ1) is 11.1. The normalized spacial score (nSPS) is 11.3. The molecule has 0 radical (unpaired) electrons. The summed E-state index contributed by atoms with van der Waals surface area (Å²) in [5.41, 5.74) is 7.60. The minimum atomic E-state index is -0.518. The molecule has 0 bridgehead atoms. The van der Waals surface area contributed by atoms with Crippen LogP contribution in [0.2, 0.25) is 0 Å². The van der Waals surface area contributed by atoms with Crippen LogP contribution in [0.25, 0.3) is 17.1 Å². The largest absolute Gasteiger partial charge is 0.477 e. The van der Waals surface area contributed by atoms with E-state index in [0.717, 1.165) is 22.9 Å². The molecular formula is C15H16N6O2. The molecule has 3 rings (SSSR count). The van der Waals surface area contributed by atoms with Gasteiger partial charge in [-0.2, -0.15) is 5.10 Å². The number of nitrogens with zero attached hydrogens (tertiary/aromatic N) is 4. The van der Waals surface area contributed by atoms with E-state index in [0.29, 0.717) is 18.1 Å². The first-order valence-electron chi connectivity index (χ1n) is 7.03. The minimum absolute atomic E-state index is 0.460. The standard InChI is InChI=1S/C15H16N6O2/c1-21-8-10(6-20-21)4-5-23-15-13-11(2-3-12(16)22)7-17-14(13)18-9-19-15/h2-3,6-9H,4-5H2,1H3,(H2,16,22)(H,17,18,19)/b3-2+. The van der Waals surface area contributed by atoms with E-state index in [1.165, 1.54) is 12.4 Å². The molecule has 3 N–H and O–H groups in total. The van der Waals surface area contributed by atoms with E-state index in [4.69, 9.17) is 10.5 Å². The van der Waals surface area contributed by atoms with Gasteiger partial charge in [0.1, 0.15) is 12.0 Å². The van der Waals surface area contributed by atoms with E-state index >= 15 is 0 Å². The number of aryl methyl sites for hydroxylation is 1. The van der Waals surface area contributed by atoms with Gasteiger partial charge in [-0.05, 0) is 11.6 Å². The van der Waals surface area contributed by atoms with Crippen LogP contribution in [0.5, 0.6) is 5.88 Å². The zero-order valence-corrected chi connectivity index (χ0v) is 12.6. The van der Waals surface area contributed by atoms with Gasteiger partial charge in [-0.25, -0.2) is 9.97 Å². The number of ether oxygens (including phenoxy) is 1. The second-order valence-electron chi connectivity index (χ2n) is 5.00. The molecule has 0 aliphatic carbocycles. The molecule has 23 heavy (non-hydrogen) atoms. The van der Waals surface area contributed by atoms with Crippen molar-refractivity contribution in [3.8, 4) is 5.88 Å². The van der Waals surface area contributed by atoms with Crippen LogP contribution in [0.15, 0.2) is 31.0 Å². The molecule has 3 heterocycles. The summed E-state index contributed by atoms with van der Waals surface area (Å²) in [5.74, 6) is -0.0560. The number of aromatic nitrogens is 5. The van der Waals surface area contributed by atoms with Crippen molar-refractivity contribution in [1.82, 2.24) is 24.7 Å². The molecule has 0 saturated heterocycles. The van der Waals surface area contributed by atoms with E-state index in [1.54, 1.807) is 23.2 Å². The van der Waals surface area contributed by atoms with Crippen LogP contribution in [0, 0.1) is 0 Å². The highest BCUT2D eigenvalue weighted by atomic mass is 16.5. The third-order valence-corrected chi connectivity index (χ3v) is 3.28. The van der Waals surface area contributed by atoms with Gasteiger partial charge in [0, 0.05) is 37.5 Å². The highest BCUT2D eigenvalue weighted by Crippen LogP contribution is 2.26. The van der Waals surface area contributed by atoms with Gasteiger partial charge >= 0.3 is 0 Å². The summed E-state index contributed by atoms with van der Waals surface area (Å²) in [7, 11) is 1.87. The van der Waals surface area contributed by atoms with Crippen LogP contribution in [0.1, 0.15) is 11.1 Å². The summed E-state index contributed by atoms with van der Waals surface area (Å²) in [6.07, 6.45) is 10.5. The second kappa shape index (κ2) is 6.30. The summed E-state index contributed by atoms with van der Waals surface area (Å²) in [4.78, 5) is 22.2. The number of carbonyl (C=O) groups excluding carboxylic acids is 1. The number of rotatable bonds is 6. The summed E-state index contributed by atoms with van der Waals surface area (Å²) < 4.78 is 7.53. The minimum Gasteiger partial charge on any atom is -0.477 e. The van der Waals surface area contributed by atoms with Gasteiger partial charge in [-0.3, -0.25) is 9.48 Å². The number of carbonyl (C=O) groups is 1. The van der Waals surface area contributed by atoms with Crippen molar-refractivity contribution in [3.63, 3.8) is 0 Å². The lowest BCUT2D eigenvalue weighted by atomic mass is 10.2. The molecule has 0 aromatic carbocycles. The summed E-state index contributed by atoms with van der Waals surface area (Å²) in [6, 6.07) is 0. The van der Waals surface area contributed by atoms with Gasteiger partial charge in [0.15, 0.2) is 0 Å². The number of amides is 1. The average Bonchev–Trinajstić information content (AvgIpc) is 3.12. The molecule has 1 amide bonds. The third-order valence-electron chi connectivity index (χ3n) is 3.28. The number of nitrogens with two attached hydrogens (primary N) is 1. The lowest BCUT2D eigenvalue weighted by molar-refractivity contribution is -0.113. The summed E-state index contributed by atoms with van der Waals surface area (Å²) in [6.45, 7) is 0.460. The third kappa shape index (κ3) is 3.37. The Bertz CT molecular complexity index is 864. The number of H-pyrrole nitrogens is 1. The Hall–Kier alpha value is -3.16. The van der Waals surface area contributed by atoms with Crippen molar-refractivity contribution < 1.29 is 9.53 Å². The van der Waals surface area contributed by atoms with Crippen LogP contribution < -0.4 is 10.5 Å². The van der Waals surface area contributed by atoms with E-state index in [9.17, 15) is 4.79 Å². The van der Waals surface area contributed by atoms with E-state index in [-0.39, 0.29) is 0 Å². The molecule has 0 fully saturated rings. The first-order valence-corrected chi connectivity index (χ1v) is 7.03.